The number of rotatable bonds is 8. The summed E-state index contributed by atoms with van der Waals surface area (Å²) in [5, 5.41) is 2.35. The number of fused-ring (bicyclic) bond motifs is 3. The topological polar surface area (TPSA) is 43.6 Å². The van der Waals surface area contributed by atoms with E-state index in [2.05, 4.69) is 174 Å². The number of aromatic nitrogens is 4. The van der Waals surface area contributed by atoms with Crippen LogP contribution in [0.25, 0.3) is 106 Å². The standard InChI is InChI=1S/C57H38N4/c1-7-20-39(21-8-1)46-35-49(41-24-11-3-12-25-41)53-51(37-46)52-38-47(40-22-9-2-10-23-40)36-50(42-26-13-4-14-27-42)54(52)61(53)48-33-19-32-45(34-48)57-59-55(43-28-15-5-16-29-43)58-56(60-57)44-30-17-6-18-31-44/h1-38H. The van der Waals surface area contributed by atoms with Crippen LogP contribution in [-0.2, 0) is 0 Å². The molecule has 4 nitrogen and oxygen atoms in total. The third kappa shape index (κ3) is 6.76. The van der Waals surface area contributed by atoms with Gasteiger partial charge in [-0.05, 0) is 69.8 Å². The Morgan fingerprint density at radius 1 is 0.246 bits per heavy atom. The van der Waals surface area contributed by atoms with Crippen LogP contribution in [-0.4, -0.2) is 19.5 Å². The molecule has 0 fully saturated rings. The molecule has 0 unspecified atom stereocenters. The number of hydrogen-bond acceptors (Lipinski definition) is 3. The van der Waals surface area contributed by atoms with Crippen LogP contribution in [0.1, 0.15) is 0 Å². The zero-order valence-electron chi connectivity index (χ0n) is 33.2. The molecule has 0 saturated carbocycles. The first-order valence-corrected chi connectivity index (χ1v) is 20.6. The van der Waals surface area contributed by atoms with Gasteiger partial charge in [0.1, 0.15) is 0 Å². The quantitative estimate of drug-likeness (QED) is 0.154. The molecule has 4 heteroatoms. The van der Waals surface area contributed by atoms with E-state index in [-0.39, 0.29) is 0 Å². The molecule has 0 saturated heterocycles. The Labute approximate surface area is 354 Å². The molecule has 2 heterocycles. The fraction of sp³-hybridized carbons (Fsp3) is 0. The number of benzene rings is 9. The highest BCUT2D eigenvalue weighted by molar-refractivity contribution is 6.19. The van der Waals surface area contributed by atoms with E-state index in [1.54, 1.807) is 0 Å². The highest BCUT2D eigenvalue weighted by Gasteiger charge is 2.23. The van der Waals surface area contributed by atoms with E-state index < -0.39 is 0 Å². The summed E-state index contributed by atoms with van der Waals surface area (Å²) in [6, 6.07) is 81.4. The zero-order valence-corrected chi connectivity index (χ0v) is 33.2. The second-order valence-electron chi connectivity index (χ2n) is 15.2. The first-order valence-electron chi connectivity index (χ1n) is 20.6. The van der Waals surface area contributed by atoms with Gasteiger partial charge >= 0.3 is 0 Å². The molecule has 0 aliphatic heterocycles. The van der Waals surface area contributed by atoms with Gasteiger partial charge in [0.25, 0.3) is 0 Å². The summed E-state index contributed by atoms with van der Waals surface area (Å²) < 4.78 is 2.47. The molecule has 0 atom stereocenters. The van der Waals surface area contributed by atoms with Crippen LogP contribution in [0.5, 0.6) is 0 Å². The molecular formula is C57H38N4. The molecule has 0 spiro atoms. The summed E-state index contributed by atoms with van der Waals surface area (Å²) in [4.78, 5) is 15.3. The monoisotopic (exact) mass is 778 g/mol. The first-order chi connectivity index (χ1) is 30.2. The lowest BCUT2D eigenvalue weighted by Crippen LogP contribution is -2.01. The Morgan fingerprint density at radius 3 is 0.967 bits per heavy atom. The molecule has 286 valence electrons. The average Bonchev–Trinajstić information content (AvgIpc) is 3.69. The van der Waals surface area contributed by atoms with Crippen LogP contribution in [0.3, 0.4) is 0 Å². The van der Waals surface area contributed by atoms with E-state index in [1.807, 2.05) is 60.7 Å². The van der Waals surface area contributed by atoms with E-state index in [0.29, 0.717) is 17.5 Å². The van der Waals surface area contributed by atoms with E-state index in [4.69, 9.17) is 15.0 Å². The normalized spacial score (nSPS) is 11.3. The summed E-state index contributed by atoms with van der Waals surface area (Å²) >= 11 is 0. The largest absolute Gasteiger partial charge is 0.308 e. The van der Waals surface area contributed by atoms with Gasteiger partial charge in [-0.25, -0.2) is 15.0 Å². The van der Waals surface area contributed by atoms with Gasteiger partial charge < -0.3 is 4.57 Å². The molecule has 0 aliphatic rings. The SMILES string of the molecule is c1ccc(-c2cc(-c3ccccc3)c3c(c2)c2cc(-c4ccccc4)cc(-c4ccccc4)c2n3-c2cccc(-c3nc(-c4ccccc4)nc(-c4ccccc4)n3)c2)cc1. The van der Waals surface area contributed by atoms with Crippen molar-refractivity contribution in [3.8, 4) is 84.4 Å². The Hall–Kier alpha value is -8.21. The van der Waals surface area contributed by atoms with Crippen LogP contribution in [0, 0.1) is 0 Å². The first kappa shape index (κ1) is 35.9. The smallest absolute Gasteiger partial charge is 0.164 e. The molecule has 0 N–H and O–H groups in total. The minimum Gasteiger partial charge on any atom is -0.308 e. The van der Waals surface area contributed by atoms with Crippen LogP contribution >= 0.6 is 0 Å². The lowest BCUT2D eigenvalue weighted by molar-refractivity contribution is 1.07. The lowest BCUT2D eigenvalue weighted by Gasteiger charge is -2.16. The van der Waals surface area contributed by atoms with Gasteiger partial charge in [-0.1, -0.05) is 194 Å². The van der Waals surface area contributed by atoms with Crippen molar-refractivity contribution in [2.24, 2.45) is 0 Å². The molecule has 11 aromatic rings. The molecular weight excluding hydrogens is 741 g/mol. The van der Waals surface area contributed by atoms with Crippen molar-refractivity contribution in [3.63, 3.8) is 0 Å². The van der Waals surface area contributed by atoms with Crippen LogP contribution in [0.15, 0.2) is 231 Å². The number of nitrogens with zero attached hydrogens (tertiary/aromatic N) is 4. The van der Waals surface area contributed by atoms with E-state index in [1.165, 1.54) is 21.9 Å². The lowest BCUT2D eigenvalue weighted by atomic mass is 9.93. The van der Waals surface area contributed by atoms with Gasteiger partial charge in [-0.3, -0.25) is 0 Å². The Morgan fingerprint density at radius 2 is 0.574 bits per heavy atom. The van der Waals surface area contributed by atoms with Crippen molar-refractivity contribution in [2.75, 3.05) is 0 Å². The third-order valence-corrected chi connectivity index (χ3v) is 11.4. The van der Waals surface area contributed by atoms with Crippen molar-refractivity contribution < 1.29 is 0 Å². The van der Waals surface area contributed by atoms with Crippen LogP contribution < -0.4 is 0 Å². The van der Waals surface area contributed by atoms with Gasteiger partial charge in [0.05, 0.1) is 11.0 Å². The summed E-state index contributed by atoms with van der Waals surface area (Å²) in [6.45, 7) is 0. The van der Waals surface area contributed by atoms with Gasteiger partial charge in [0.15, 0.2) is 17.5 Å². The third-order valence-electron chi connectivity index (χ3n) is 11.4. The summed E-state index contributed by atoms with van der Waals surface area (Å²) in [5.41, 5.74) is 15.3. The fourth-order valence-electron chi connectivity index (χ4n) is 8.52. The van der Waals surface area contributed by atoms with Crippen molar-refractivity contribution in [1.82, 2.24) is 19.5 Å². The summed E-state index contributed by atoms with van der Waals surface area (Å²) in [5.74, 6) is 1.87. The van der Waals surface area contributed by atoms with E-state index in [9.17, 15) is 0 Å². The molecule has 0 amide bonds. The van der Waals surface area contributed by atoms with Crippen molar-refractivity contribution in [2.45, 2.75) is 0 Å². The second kappa shape index (κ2) is 15.5. The van der Waals surface area contributed by atoms with E-state index in [0.717, 1.165) is 66.8 Å². The van der Waals surface area contributed by atoms with Gasteiger partial charge in [0, 0.05) is 44.3 Å². The van der Waals surface area contributed by atoms with Gasteiger partial charge in [-0.15, -0.1) is 0 Å². The maximum absolute atomic E-state index is 5.14. The average molecular weight is 779 g/mol. The van der Waals surface area contributed by atoms with Crippen molar-refractivity contribution in [3.05, 3.63) is 231 Å². The summed E-state index contributed by atoms with van der Waals surface area (Å²) in [6.07, 6.45) is 0. The summed E-state index contributed by atoms with van der Waals surface area (Å²) in [7, 11) is 0. The maximum Gasteiger partial charge on any atom is 0.164 e. The second-order valence-corrected chi connectivity index (χ2v) is 15.2. The molecule has 2 aromatic heterocycles. The van der Waals surface area contributed by atoms with Crippen LogP contribution in [0.2, 0.25) is 0 Å². The Balaban J connectivity index is 1.25. The number of hydrogen-bond donors (Lipinski definition) is 0. The van der Waals surface area contributed by atoms with E-state index >= 15 is 0 Å². The minimum absolute atomic E-state index is 0.611. The highest BCUT2D eigenvalue weighted by Crippen LogP contribution is 2.46. The maximum atomic E-state index is 5.14. The molecule has 11 rings (SSSR count). The molecule has 0 aliphatic carbocycles. The predicted octanol–water partition coefficient (Wildman–Crippen LogP) is 14.6. The van der Waals surface area contributed by atoms with Gasteiger partial charge in [0.2, 0.25) is 0 Å². The molecule has 61 heavy (non-hydrogen) atoms. The predicted molar refractivity (Wildman–Crippen MR) is 252 cm³/mol. The fourth-order valence-corrected chi connectivity index (χ4v) is 8.52. The minimum atomic E-state index is 0.611. The Kier molecular flexibility index (Phi) is 9.14. The zero-order chi connectivity index (χ0) is 40.5. The Bertz CT molecular complexity index is 3110. The van der Waals surface area contributed by atoms with Crippen molar-refractivity contribution >= 4 is 21.8 Å². The molecule has 0 radical (unpaired) electrons. The molecule has 9 aromatic carbocycles. The molecule has 0 bridgehead atoms. The van der Waals surface area contributed by atoms with Gasteiger partial charge in [-0.2, -0.15) is 0 Å². The highest BCUT2D eigenvalue weighted by atomic mass is 15.0. The van der Waals surface area contributed by atoms with Crippen molar-refractivity contribution in [1.29, 1.82) is 0 Å². The van der Waals surface area contributed by atoms with Crippen LogP contribution in [0.4, 0.5) is 0 Å².